The first kappa shape index (κ1) is 14.6. The van der Waals surface area contributed by atoms with Gasteiger partial charge in [-0.3, -0.25) is 4.79 Å². The maximum atomic E-state index is 12.8. The van der Waals surface area contributed by atoms with Gasteiger partial charge in [0.15, 0.2) is 0 Å². The van der Waals surface area contributed by atoms with E-state index in [4.69, 9.17) is 10.5 Å². The van der Waals surface area contributed by atoms with Crippen molar-refractivity contribution in [2.75, 3.05) is 25.4 Å². The Hall–Kier alpha value is -2.33. The molecule has 1 amide bonds. The highest BCUT2D eigenvalue weighted by molar-refractivity contribution is 5.96. The van der Waals surface area contributed by atoms with Gasteiger partial charge >= 0.3 is 0 Å². The molecule has 1 fully saturated rings. The molecule has 4 heteroatoms. The van der Waals surface area contributed by atoms with Gasteiger partial charge in [-0.2, -0.15) is 0 Å². The SMILES string of the molecule is Cc1ccc(N)cc1C(=O)N1CCOC(c2ccccc2)C1. The van der Waals surface area contributed by atoms with Gasteiger partial charge in [-0.1, -0.05) is 36.4 Å². The van der Waals surface area contributed by atoms with Gasteiger partial charge in [0.25, 0.3) is 5.91 Å². The lowest BCUT2D eigenvalue weighted by Crippen LogP contribution is -2.42. The minimum Gasteiger partial charge on any atom is -0.399 e. The first-order valence-corrected chi connectivity index (χ1v) is 7.47. The maximum absolute atomic E-state index is 12.8. The second-order valence-electron chi connectivity index (χ2n) is 5.60. The van der Waals surface area contributed by atoms with Crippen molar-refractivity contribution in [3.05, 3.63) is 65.2 Å². The molecule has 2 aromatic rings. The molecule has 0 aliphatic carbocycles. The minimum absolute atomic E-state index is 0.0223. The molecule has 4 nitrogen and oxygen atoms in total. The Morgan fingerprint density at radius 2 is 2.00 bits per heavy atom. The number of benzene rings is 2. The summed E-state index contributed by atoms with van der Waals surface area (Å²) < 4.78 is 5.82. The lowest BCUT2D eigenvalue weighted by molar-refractivity contribution is -0.0228. The number of nitrogens with two attached hydrogens (primary N) is 1. The largest absolute Gasteiger partial charge is 0.399 e. The Kier molecular flexibility index (Phi) is 4.11. The van der Waals surface area contributed by atoms with Crippen LogP contribution in [-0.4, -0.2) is 30.5 Å². The van der Waals surface area contributed by atoms with Crippen LogP contribution in [0, 0.1) is 6.92 Å². The quantitative estimate of drug-likeness (QED) is 0.867. The first-order chi connectivity index (χ1) is 10.6. The zero-order valence-corrected chi connectivity index (χ0v) is 12.7. The Morgan fingerprint density at radius 1 is 1.23 bits per heavy atom. The maximum Gasteiger partial charge on any atom is 0.254 e. The Balaban J connectivity index is 1.80. The molecule has 114 valence electrons. The van der Waals surface area contributed by atoms with Crippen molar-refractivity contribution in [3.63, 3.8) is 0 Å². The van der Waals surface area contributed by atoms with Crippen LogP contribution in [0.25, 0.3) is 0 Å². The van der Waals surface area contributed by atoms with Crippen LogP contribution in [0.1, 0.15) is 27.6 Å². The van der Waals surface area contributed by atoms with Crippen molar-refractivity contribution in [2.24, 2.45) is 0 Å². The van der Waals surface area contributed by atoms with Crippen LogP contribution in [0.4, 0.5) is 5.69 Å². The number of rotatable bonds is 2. The Labute approximate surface area is 130 Å². The third-order valence-electron chi connectivity index (χ3n) is 4.02. The number of hydrogen-bond donors (Lipinski definition) is 1. The number of anilines is 1. The predicted molar refractivity (Wildman–Crippen MR) is 86.6 cm³/mol. The van der Waals surface area contributed by atoms with Crippen molar-refractivity contribution in [1.82, 2.24) is 4.90 Å². The van der Waals surface area contributed by atoms with E-state index < -0.39 is 0 Å². The molecule has 0 saturated carbocycles. The van der Waals surface area contributed by atoms with E-state index in [9.17, 15) is 4.79 Å². The van der Waals surface area contributed by atoms with Crippen molar-refractivity contribution >= 4 is 11.6 Å². The average molecular weight is 296 g/mol. The summed E-state index contributed by atoms with van der Waals surface area (Å²) in [6.45, 7) is 3.65. The van der Waals surface area contributed by atoms with Gasteiger partial charge in [-0.05, 0) is 30.2 Å². The topological polar surface area (TPSA) is 55.6 Å². The second-order valence-corrected chi connectivity index (χ2v) is 5.60. The predicted octanol–water partition coefficient (Wildman–Crippen LogP) is 2.79. The molecule has 1 unspecified atom stereocenters. The van der Waals surface area contributed by atoms with E-state index in [1.807, 2.05) is 54.3 Å². The summed E-state index contributed by atoms with van der Waals surface area (Å²) in [5, 5.41) is 0. The monoisotopic (exact) mass is 296 g/mol. The number of morpholine rings is 1. The van der Waals surface area contributed by atoms with Crippen LogP contribution in [0.15, 0.2) is 48.5 Å². The lowest BCUT2D eigenvalue weighted by atomic mass is 10.0. The summed E-state index contributed by atoms with van der Waals surface area (Å²) >= 11 is 0. The molecule has 0 radical (unpaired) electrons. The van der Waals surface area contributed by atoms with Crippen molar-refractivity contribution in [1.29, 1.82) is 0 Å². The lowest BCUT2D eigenvalue weighted by Gasteiger charge is -2.33. The molecule has 2 aromatic carbocycles. The fourth-order valence-electron chi connectivity index (χ4n) is 2.74. The highest BCUT2D eigenvalue weighted by Gasteiger charge is 2.26. The van der Waals surface area contributed by atoms with Crippen molar-refractivity contribution in [2.45, 2.75) is 13.0 Å². The normalized spacial score (nSPS) is 18.2. The highest BCUT2D eigenvalue weighted by Crippen LogP contribution is 2.24. The molecule has 22 heavy (non-hydrogen) atoms. The van der Waals surface area contributed by atoms with Crippen LogP contribution in [0.3, 0.4) is 0 Å². The molecule has 1 aliphatic rings. The fraction of sp³-hybridized carbons (Fsp3) is 0.278. The third-order valence-corrected chi connectivity index (χ3v) is 4.02. The molecule has 1 aliphatic heterocycles. The number of aryl methyl sites for hydroxylation is 1. The van der Waals surface area contributed by atoms with Gasteiger partial charge in [0.2, 0.25) is 0 Å². The van der Waals surface area contributed by atoms with Gasteiger partial charge < -0.3 is 15.4 Å². The molecular weight excluding hydrogens is 276 g/mol. The first-order valence-electron chi connectivity index (χ1n) is 7.47. The second kappa shape index (κ2) is 6.20. The van der Waals surface area contributed by atoms with Crippen LogP contribution in [0.2, 0.25) is 0 Å². The van der Waals surface area contributed by atoms with Crippen LogP contribution in [-0.2, 0) is 4.74 Å². The Morgan fingerprint density at radius 3 is 2.77 bits per heavy atom. The summed E-state index contributed by atoms with van der Waals surface area (Å²) in [4.78, 5) is 14.6. The summed E-state index contributed by atoms with van der Waals surface area (Å²) in [5.41, 5.74) is 9.15. The van der Waals surface area contributed by atoms with Gasteiger partial charge in [0.05, 0.1) is 13.2 Å². The van der Waals surface area contributed by atoms with Gasteiger partial charge in [0.1, 0.15) is 6.10 Å². The van der Waals surface area contributed by atoms with Gasteiger partial charge in [-0.25, -0.2) is 0 Å². The molecular formula is C18H20N2O2. The zero-order valence-electron chi connectivity index (χ0n) is 12.7. The van der Waals surface area contributed by atoms with Crippen LogP contribution >= 0.6 is 0 Å². The molecule has 0 aromatic heterocycles. The standard InChI is InChI=1S/C18H20N2O2/c1-13-7-8-15(19)11-16(13)18(21)20-9-10-22-17(12-20)14-5-3-2-4-6-14/h2-8,11,17H,9-10,12,19H2,1H3. The number of nitrogens with zero attached hydrogens (tertiary/aromatic N) is 1. The molecule has 1 heterocycles. The number of hydrogen-bond acceptors (Lipinski definition) is 3. The number of ether oxygens (including phenoxy) is 1. The smallest absolute Gasteiger partial charge is 0.254 e. The summed E-state index contributed by atoms with van der Waals surface area (Å²) in [6, 6.07) is 15.5. The fourth-order valence-corrected chi connectivity index (χ4v) is 2.74. The number of amides is 1. The van der Waals surface area contributed by atoms with Crippen LogP contribution < -0.4 is 5.73 Å². The molecule has 2 N–H and O–H groups in total. The summed E-state index contributed by atoms with van der Waals surface area (Å²) in [6.07, 6.45) is -0.0692. The number of nitrogen functional groups attached to an aromatic ring is 1. The van der Waals surface area contributed by atoms with E-state index in [0.29, 0.717) is 30.9 Å². The highest BCUT2D eigenvalue weighted by atomic mass is 16.5. The molecule has 0 spiro atoms. The van der Waals surface area contributed by atoms with Crippen molar-refractivity contribution in [3.8, 4) is 0 Å². The minimum atomic E-state index is -0.0692. The zero-order chi connectivity index (χ0) is 15.5. The average Bonchev–Trinajstić information content (AvgIpc) is 2.57. The van der Waals surface area contributed by atoms with Crippen molar-refractivity contribution < 1.29 is 9.53 Å². The van der Waals surface area contributed by atoms with Gasteiger partial charge in [-0.15, -0.1) is 0 Å². The number of carbonyl (C=O) groups excluding carboxylic acids is 1. The van der Waals surface area contributed by atoms with E-state index >= 15 is 0 Å². The Bertz CT molecular complexity index is 670. The molecule has 1 atom stereocenters. The third kappa shape index (κ3) is 2.97. The van der Waals surface area contributed by atoms with Gasteiger partial charge in [0, 0.05) is 17.8 Å². The van der Waals surface area contributed by atoms with E-state index in [1.165, 1.54) is 0 Å². The molecule has 1 saturated heterocycles. The summed E-state index contributed by atoms with van der Waals surface area (Å²) in [7, 11) is 0. The molecule has 3 rings (SSSR count). The van der Waals surface area contributed by atoms with E-state index in [1.54, 1.807) is 6.07 Å². The van der Waals surface area contributed by atoms with E-state index in [-0.39, 0.29) is 12.0 Å². The van der Waals surface area contributed by atoms with E-state index in [2.05, 4.69) is 0 Å². The summed E-state index contributed by atoms with van der Waals surface area (Å²) in [5.74, 6) is 0.0223. The number of carbonyl (C=O) groups is 1. The molecule has 0 bridgehead atoms. The van der Waals surface area contributed by atoms with E-state index in [0.717, 1.165) is 11.1 Å². The van der Waals surface area contributed by atoms with Crippen LogP contribution in [0.5, 0.6) is 0 Å².